The van der Waals surface area contributed by atoms with Gasteiger partial charge in [-0.25, -0.2) is 9.59 Å². The van der Waals surface area contributed by atoms with Gasteiger partial charge < -0.3 is 35.4 Å². The summed E-state index contributed by atoms with van der Waals surface area (Å²) in [5, 5.41) is 0. The highest BCUT2D eigenvalue weighted by molar-refractivity contribution is 6.91. The molecule has 0 aromatic carbocycles. The Balaban J connectivity index is 6.35. The molecule has 0 amide bonds. The molecule has 0 saturated carbocycles. The van der Waals surface area contributed by atoms with Gasteiger partial charge in [-0.2, -0.15) is 52.7 Å². The summed E-state index contributed by atoms with van der Waals surface area (Å²) in [6, 6.07) is -3.02. The van der Waals surface area contributed by atoms with Crippen LogP contribution < -0.4 is 0 Å². The monoisotopic (exact) mass is 1080 g/mol. The fraction of sp³-hybridized carbons (Fsp3) is 0.821. The molecule has 11 nitrogen and oxygen atoms in total. The van der Waals surface area contributed by atoms with Crippen molar-refractivity contribution < 1.29 is 102 Å². The van der Waals surface area contributed by atoms with Gasteiger partial charge in [0.2, 0.25) is 0 Å². The maximum atomic E-state index is 13.8. The lowest BCUT2D eigenvalue weighted by molar-refractivity contribution is -0.157. The van der Waals surface area contributed by atoms with Crippen LogP contribution in [0.5, 0.6) is 0 Å². The summed E-state index contributed by atoms with van der Waals surface area (Å²) in [7, 11) is -20.1. The molecule has 67 heavy (non-hydrogen) atoms. The number of halogens is 12. The summed E-state index contributed by atoms with van der Waals surface area (Å²) in [6.07, 6.45) is -22.6. The van der Waals surface area contributed by atoms with Crippen LogP contribution in [0.4, 0.5) is 52.7 Å². The zero-order valence-corrected chi connectivity index (χ0v) is 44.5. The fourth-order valence-electron chi connectivity index (χ4n) is 6.80. The molecule has 394 valence electrons. The molecule has 0 aliphatic heterocycles. The van der Waals surface area contributed by atoms with Crippen molar-refractivity contribution in [2.75, 3.05) is 33.0 Å². The molecule has 0 N–H and O–H groups in total. The van der Waals surface area contributed by atoms with Crippen LogP contribution in [0.1, 0.15) is 65.2 Å². The summed E-state index contributed by atoms with van der Waals surface area (Å²) in [4.78, 5) is 35.8. The minimum absolute atomic E-state index is 0.0302. The molecule has 0 saturated heterocycles. The Morgan fingerprint density at radius 3 is 1.31 bits per heavy atom. The lowest BCUT2D eigenvalue weighted by atomic mass is 9.89. The van der Waals surface area contributed by atoms with E-state index in [-0.39, 0.29) is 58.0 Å². The molecule has 28 heteroatoms. The SMILES string of the molecule is C=CC(=O)OCC(C)(COC(=O)C=C)CC(=O)OCCOCCC[Si](C)(C)O[Si](C)(CCC(F)(F)F)O[Si](C)(CCC(F)(F)F)O[Si](C)(CCC(F)(F)F)O[Si](C)(CCCC)CCC(F)(F)F. The normalized spacial score (nSPS) is 16.8. The third-order valence-corrected chi connectivity index (χ3v) is 32.3. The topological polar surface area (TPSA) is 125 Å². The Morgan fingerprint density at radius 2 is 0.910 bits per heavy atom. The summed E-state index contributed by atoms with van der Waals surface area (Å²) in [6.45, 7) is 16.9. The van der Waals surface area contributed by atoms with Crippen LogP contribution in [0, 0.1) is 5.41 Å². The van der Waals surface area contributed by atoms with Gasteiger partial charge in [-0.15, -0.1) is 0 Å². The Morgan fingerprint density at radius 1 is 0.507 bits per heavy atom. The average Bonchev–Trinajstić information content (AvgIpc) is 3.16. The van der Waals surface area contributed by atoms with Crippen molar-refractivity contribution in [1.29, 1.82) is 0 Å². The average molecular weight is 1080 g/mol. The van der Waals surface area contributed by atoms with Crippen molar-refractivity contribution in [2.45, 2.75) is 165 Å². The minimum Gasteiger partial charge on any atom is -0.463 e. The number of carbonyl (C=O) groups is 3. The van der Waals surface area contributed by atoms with E-state index in [9.17, 15) is 67.1 Å². The van der Waals surface area contributed by atoms with Gasteiger partial charge in [-0.3, -0.25) is 4.79 Å². The number of ether oxygens (including phenoxy) is 4. The molecule has 0 rings (SSSR count). The van der Waals surface area contributed by atoms with Crippen molar-refractivity contribution in [1.82, 2.24) is 0 Å². The summed E-state index contributed by atoms with van der Waals surface area (Å²) in [5.41, 5.74) is -1.18. The number of carbonyl (C=O) groups excluding carboxylic acids is 3. The van der Waals surface area contributed by atoms with Gasteiger partial charge in [0.05, 0.1) is 13.0 Å². The Bertz CT molecular complexity index is 1530. The molecule has 0 aliphatic carbocycles. The predicted molar refractivity (Wildman–Crippen MR) is 236 cm³/mol. The third-order valence-electron chi connectivity index (χ3n) is 9.99. The molecule has 0 spiro atoms. The van der Waals surface area contributed by atoms with Crippen LogP contribution in [-0.2, 0) is 49.8 Å². The molecule has 4 unspecified atom stereocenters. The number of hydrogen-bond acceptors (Lipinski definition) is 11. The van der Waals surface area contributed by atoms with Gasteiger partial charge in [-0.05, 0) is 82.0 Å². The molecule has 4 atom stereocenters. The first-order valence-corrected chi connectivity index (χ1v) is 35.1. The van der Waals surface area contributed by atoms with Crippen LogP contribution in [-0.4, -0.2) is 118 Å². The number of alkyl halides is 12. The second kappa shape index (κ2) is 27.5. The van der Waals surface area contributed by atoms with E-state index in [4.69, 9.17) is 35.4 Å². The van der Waals surface area contributed by atoms with Crippen molar-refractivity contribution in [2.24, 2.45) is 5.41 Å². The van der Waals surface area contributed by atoms with Crippen LogP contribution in [0.15, 0.2) is 25.3 Å². The first kappa shape index (κ1) is 64.9. The lowest BCUT2D eigenvalue weighted by Gasteiger charge is -2.46. The van der Waals surface area contributed by atoms with E-state index < -0.39 is 140 Å². The minimum atomic E-state index is -4.87. The fourth-order valence-corrected chi connectivity index (χ4v) is 33.6. The van der Waals surface area contributed by atoms with E-state index in [0.29, 0.717) is 12.8 Å². The van der Waals surface area contributed by atoms with E-state index in [1.54, 1.807) is 20.0 Å². The van der Waals surface area contributed by atoms with Crippen molar-refractivity contribution >= 4 is 60.2 Å². The molecule has 0 bridgehead atoms. The van der Waals surface area contributed by atoms with Crippen LogP contribution in [0.2, 0.25) is 75.5 Å². The predicted octanol–water partition coefficient (Wildman–Crippen LogP) is 12.5. The van der Waals surface area contributed by atoms with Gasteiger partial charge in [0.1, 0.15) is 19.8 Å². The maximum absolute atomic E-state index is 13.8. The summed E-state index contributed by atoms with van der Waals surface area (Å²) in [5.74, 6) is -2.31. The Labute approximate surface area is 390 Å². The highest BCUT2D eigenvalue weighted by Gasteiger charge is 2.54. The molecule has 0 aromatic rings. The van der Waals surface area contributed by atoms with Crippen molar-refractivity contribution in [3.05, 3.63) is 25.3 Å². The molecule has 0 fully saturated rings. The van der Waals surface area contributed by atoms with Gasteiger partial charge in [0.25, 0.3) is 0 Å². The van der Waals surface area contributed by atoms with Crippen LogP contribution >= 0.6 is 0 Å². The zero-order chi connectivity index (χ0) is 52.2. The van der Waals surface area contributed by atoms with Gasteiger partial charge in [0, 0.05) is 49.9 Å². The highest BCUT2D eigenvalue weighted by Crippen LogP contribution is 2.41. The quantitative estimate of drug-likeness (QED) is 0.0153. The third kappa shape index (κ3) is 32.5. The molecular weight excluding hydrogens is 1010 g/mol. The number of hydrogen-bond donors (Lipinski definition) is 0. The Kier molecular flexibility index (Phi) is 26.7. The molecule has 0 aliphatic rings. The zero-order valence-electron chi connectivity index (χ0n) is 39.5. The van der Waals surface area contributed by atoms with E-state index in [0.717, 1.165) is 25.2 Å². The molecular formula is C39H68F12O11Si5. The van der Waals surface area contributed by atoms with E-state index in [1.165, 1.54) is 20.0 Å². The lowest BCUT2D eigenvalue weighted by Crippen LogP contribution is -2.62. The number of esters is 3. The van der Waals surface area contributed by atoms with Crippen molar-refractivity contribution in [3.63, 3.8) is 0 Å². The van der Waals surface area contributed by atoms with E-state index >= 15 is 0 Å². The van der Waals surface area contributed by atoms with Gasteiger partial charge >= 0.3 is 68.3 Å². The molecule has 0 radical (unpaired) electrons. The van der Waals surface area contributed by atoms with Crippen molar-refractivity contribution in [3.8, 4) is 0 Å². The summed E-state index contributed by atoms with van der Waals surface area (Å²) >= 11 is 0. The first-order chi connectivity index (χ1) is 30.2. The smallest absolute Gasteiger partial charge is 0.389 e. The number of rotatable bonds is 34. The molecule has 0 aromatic heterocycles. The first-order valence-electron chi connectivity index (χ1n) is 21.6. The second-order valence-corrected chi connectivity index (χ2v) is 37.6. The standard InChI is InChI=1S/C39H68F12O11Si5/c1-11-14-24-64(7,25-16-36(40,41)42)60-66(9,27-18-38(46,47)48)62-67(10,28-19-39(49,50)51)61-65(8,26-17-37(43,44)45)59-63(5,6)23-15-20-55-21-22-56-34(54)29-35(4,30-57-32(52)12-2)31-58-33(53)13-3/h12-13H,2-3,11,14-31H2,1,4-10H3. The second-order valence-electron chi connectivity index (χ2n) is 18.1. The number of unbranched alkanes of at least 4 members (excludes halogenated alkanes) is 1. The van der Waals surface area contributed by atoms with Gasteiger partial charge in [-0.1, -0.05) is 39.8 Å². The molecule has 0 heterocycles. The Hall–Kier alpha value is -2.07. The van der Waals surface area contributed by atoms with Crippen LogP contribution in [0.3, 0.4) is 0 Å². The summed E-state index contributed by atoms with van der Waals surface area (Å²) < 4.78 is 211. The van der Waals surface area contributed by atoms with E-state index in [1.807, 2.05) is 0 Å². The van der Waals surface area contributed by atoms with Crippen LogP contribution in [0.25, 0.3) is 0 Å². The van der Waals surface area contributed by atoms with E-state index in [2.05, 4.69) is 13.2 Å². The highest BCUT2D eigenvalue weighted by atomic mass is 28.5. The van der Waals surface area contributed by atoms with Gasteiger partial charge in [0.15, 0.2) is 16.6 Å². The maximum Gasteiger partial charge on any atom is 0.389 e. The largest absolute Gasteiger partial charge is 0.463 e.